The van der Waals surface area contributed by atoms with Crippen LogP contribution in [0.25, 0.3) is 0 Å². The molecule has 5 heteroatoms. The third kappa shape index (κ3) is 5.35. The molecule has 0 aliphatic carbocycles. The fourth-order valence-electron chi connectivity index (χ4n) is 2.26. The Morgan fingerprint density at radius 2 is 2.00 bits per heavy atom. The van der Waals surface area contributed by atoms with Crippen LogP contribution in [0.1, 0.15) is 54.4 Å². The van der Waals surface area contributed by atoms with Crippen LogP contribution in [0.4, 0.5) is 0 Å². The van der Waals surface area contributed by atoms with Gasteiger partial charge in [0.2, 0.25) is 5.91 Å². The number of amidine groups is 1. The average molecular weight is 299 g/mol. The van der Waals surface area contributed by atoms with E-state index < -0.39 is 0 Å². The SMILES string of the molecule is CCC(CC)C1CN=C(NC(C)C(=O)NC(C)(C)C)S1. The Bertz CT molecular complexity index is 359. The van der Waals surface area contributed by atoms with Crippen LogP contribution in [-0.4, -0.2) is 34.5 Å². The molecule has 0 aromatic carbocycles. The van der Waals surface area contributed by atoms with Crippen molar-refractivity contribution in [3.63, 3.8) is 0 Å². The van der Waals surface area contributed by atoms with E-state index in [1.54, 1.807) is 11.8 Å². The molecule has 1 amide bonds. The smallest absolute Gasteiger partial charge is 0.242 e. The molecular formula is C15H29N3OS. The van der Waals surface area contributed by atoms with E-state index >= 15 is 0 Å². The van der Waals surface area contributed by atoms with Crippen molar-refractivity contribution in [3.05, 3.63) is 0 Å². The van der Waals surface area contributed by atoms with Gasteiger partial charge >= 0.3 is 0 Å². The monoisotopic (exact) mass is 299 g/mol. The number of thioether (sulfide) groups is 1. The third-order valence-electron chi connectivity index (χ3n) is 3.48. The molecule has 2 atom stereocenters. The Morgan fingerprint density at radius 3 is 2.50 bits per heavy atom. The molecule has 0 spiro atoms. The van der Waals surface area contributed by atoms with E-state index in [1.165, 1.54) is 12.8 Å². The quantitative estimate of drug-likeness (QED) is 0.821. The fraction of sp³-hybridized carbons (Fsp3) is 0.867. The van der Waals surface area contributed by atoms with Crippen LogP contribution in [0.2, 0.25) is 0 Å². The molecule has 1 aliphatic rings. The molecule has 0 aromatic heterocycles. The van der Waals surface area contributed by atoms with Crippen molar-refractivity contribution in [1.82, 2.24) is 10.6 Å². The number of hydrogen-bond acceptors (Lipinski definition) is 4. The summed E-state index contributed by atoms with van der Waals surface area (Å²) in [4.78, 5) is 16.6. The maximum absolute atomic E-state index is 12.0. The van der Waals surface area contributed by atoms with Crippen LogP contribution >= 0.6 is 11.8 Å². The molecule has 2 unspecified atom stereocenters. The molecule has 0 bridgehead atoms. The summed E-state index contributed by atoms with van der Waals surface area (Å²) in [6.45, 7) is 13.2. The molecule has 0 saturated carbocycles. The van der Waals surface area contributed by atoms with Crippen LogP contribution in [0.15, 0.2) is 4.99 Å². The van der Waals surface area contributed by atoms with Crippen LogP contribution in [0.5, 0.6) is 0 Å². The van der Waals surface area contributed by atoms with Gasteiger partial charge in [0, 0.05) is 10.8 Å². The van der Waals surface area contributed by atoms with E-state index in [2.05, 4.69) is 29.5 Å². The van der Waals surface area contributed by atoms with Gasteiger partial charge < -0.3 is 10.6 Å². The third-order valence-corrected chi connectivity index (χ3v) is 4.79. The predicted molar refractivity (Wildman–Crippen MR) is 88.2 cm³/mol. The number of nitrogens with one attached hydrogen (secondary N) is 2. The van der Waals surface area contributed by atoms with Gasteiger partial charge in [0.25, 0.3) is 0 Å². The van der Waals surface area contributed by atoms with Crippen molar-refractivity contribution < 1.29 is 4.79 Å². The minimum atomic E-state index is -0.249. The summed E-state index contributed by atoms with van der Waals surface area (Å²) in [5.74, 6) is 0.730. The lowest BCUT2D eigenvalue weighted by atomic mass is 9.99. The zero-order valence-corrected chi connectivity index (χ0v) is 14.4. The van der Waals surface area contributed by atoms with Crippen LogP contribution in [0.3, 0.4) is 0 Å². The summed E-state index contributed by atoms with van der Waals surface area (Å²) < 4.78 is 0. The molecule has 0 aromatic rings. The van der Waals surface area contributed by atoms with Crippen molar-refractivity contribution in [3.8, 4) is 0 Å². The van der Waals surface area contributed by atoms with Gasteiger partial charge in [-0.1, -0.05) is 38.5 Å². The highest BCUT2D eigenvalue weighted by Gasteiger charge is 2.28. The van der Waals surface area contributed by atoms with Gasteiger partial charge in [0.05, 0.1) is 6.54 Å². The maximum atomic E-state index is 12.0. The first-order valence-electron chi connectivity index (χ1n) is 7.56. The summed E-state index contributed by atoms with van der Waals surface area (Å²) in [5.41, 5.74) is -0.199. The molecule has 0 saturated heterocycles. The Labute approximate surface area is 127 Å². The molecule has 0 radical (unpaired) electrons. The van der Waals surface area contributed by atoms with Crippen molar-refractivity contribution >= 4 is 22.8 Å². The van der Waals surface area contributed by atoms with Crippen LogP contribution in [0, 0.1) is 5.92 Å². The van der Waals surface area contributed by atoms with Crippen molar-refractivity contribution in [2.45, 2.75) is 71.2 Å². The zero-order valence-electron chi connectivity index (χ0n) is 13.6. The minimum absolute atomic E-state index is 0.0202. The lowest BCUT2D eigenvalue weighted by molar-refractivity contribution is -0.123. The average Bonchev–Trinajstić information content (AvgIpc) is 2.77. The molecule has 4 nitrogen and oxygen atoms in total. The Kier molecular flexibility index (Phi) is 6.37. The van der Waals surface area contributed by atoms with E-state index in [0.29, 0.717) is 11.2 Å². The van der Waals surface area contributed by atoms with Crippen molar-refractivity contribution in [2.75, 3.05) is 6.54 Å². The predicted octanol–water partition coefficient (Wildman–Crippen LogP) is 2.79. The number of carbonyl (C=O) groups excluding carboxylic acids is 1. The minimum Gasteiger partial charge on any atom is -0.353 e. The molecule has 116 valence electrons. The standard InChI is InChI=1S/C15H29N3OS/c1-7-11(8-2)12-9-16-14(20-12)17-10(3)13(19)18-15(4,5)6/h10-12H,7-9H2,1-6H3,(H,16,17)(H,18,19). The van der Waals surface area contributed by atoms with Gasteiger partial charge in [-0.05, 0) is 33.6 Å². The van der Waals surface area contributed by atoms with Crippen molar-refractivity contribution in [1.29, 1.82) is 0 Å². The Hall–Kier alpha value is -0.710. The summed E-state index contributed by atoms with van der Waals surface area (Å²) >= 11 is 1.79. The van der Waals surface area contributed by atoms with Gasteiger partial charge in [0.1, 0.15) is 6.04 Å². The second kappa shape index (κ2) is 7.34. The Balaban J connectivity index is 2.45. The lowest BCUT2D eigenvalue weighted by Crippen LogP contribution is -2.50. The van der Waals surface area contributed by atoms with E-state index in [-0.39, 0.29) is 17.5 Å². The molecule has 20 heavy (non-hydrogen) atoms. The second-order valence-electron chi connectivity index (χ2n) is 6.48. The van der Waals surface area contributed by atoms with E-state index in [9.17, 15) is 4.79 Å². The number of hydrogen-bond donors (Lipinski definition) is 2. The highest BCUT2D eigenvalue weighted by molar-refractivity contribution is 8.14. The maximum Gasteiger partial charge on any atom is 0.242 e. The van der Waals surface area contributed by atoms with E-state index in [4.69, 9.17) is 0 Å². The van der Waals surface area contributed by atoms with Gasteiger partial charge in [0.15, 0.2) is 5.17 Å². The second-order valence-corrected chi connectivity index (χ2v) is 7.71. The first kappa shape index (κ1) is 17.3. The first-order chi connectivity index (χ1) is 9.26. The fourth-order valence-corrected chi connectivity index (χ4v) is 3.67. The van der Waals surface area contributed by atoms with Crippen LogP contribution in [-0.2, 0) is 4.79 Å². The number of rotatable bonds is 5. The topological polar surface area (TPSA) is 53.5 Å². The molecule has 0 fully saturated rings. The largest absolute Gasteiger partial charge is 0.353 e. The molecule has 1 rings (SSSR count). The summed E-state index contributed by atoms with van der Waals surface area (Å²) in [6.07, 6.45) is 2.38. The summed E-state index contributed by atoms with van der Waals surface area (Å²) in [7, 11) is 0. The number of carbonyl (C=O) groups is 1. The highest BCUT2D eigenvalue weighted by Crippen LogP contribution is 2.30. The summed E-state index contributed by atoms with van der Waals surface area (Å²) in [5, 5.41) is 7.69. The van der Waals surface area contributed by atoms with E-state index in [0.717, 1.165) is 11.7 Å². The van der Waals surface area contributed by atoms with Gasteiger partial charge in [-0.2, -0.15) is 0 Å². The molecule has 1 heterocycles. The van der Waals surface area contributed by atoms with E-state index in [1.807, 2.05) is 27.7 Å². The number of nitrogens with zero attached hydrogens (tertiary/aromatic N) is 1. The number of amides is 1. The normalized spacial score (nSPS) is 20.8. The highest BCUT2D eigenvalue weighted by atomic mass is 32.2. The van der Waals surface area contributed by atoms with Crippen LogP contribution < -0.4 is 10.6 Å². The van der Waals surface area contributed by atoms with Gasteiger partial charge in [-0.25, -0.2) is 0 Å². The number of aliphatic imine (C=N–C) groups is 1. The Morgan fingerprint density at radius 1 is 1.40 bits per heavy atom. The summed E-state index contributed by atoms with van der Waals surface area (Å²) in [6, 6.07) is -0.249. The lowest BCUT2D eigenvalue weighted by Gasteiger charge is -2.24. The van der Waals surface area contributed by atoms with Gasteiger partial charge in [-0.3, -0.25) is 9.79 Å². The zero-order chi connectivity index (χ0) is 15.3. The van der Waals surface area contributed by atoms with Crippen molar-refractivity contribution in [2.24, 2.45) is 10.9 Å². The molecule has 2 N–H and O–H groups in total. The molecular weight excluding hydrogens is 270 g/mol. The molecule has 1 aliphatic heterocycles. The van der Waals surface area contributed by atoms with Gasteiger partial charge in [-0.15, -0.1) is 0 Å². The first-order valence-corrected chi connectivity index (χ1v) is 8.44.